The number of ether oxygens (including phenoxy) is 6. The Kier molecular flexibility index (Phi) is 8.76. The van der Waals surface area contributed by atoms with Gasteiger partial charge in [0.2, 0.25) is 0 Å². The molecule has 0 aromatic heterocycles. The zero-order valence-electron chi connectivity index (χ0n) is 19.1. The van der Waals surface area contributed by atoms with Gasteiger partial charge in [0.25, 0.3) is 0 Å². The predicted octanol–water partition coefficient (Wildman–Crippen LogP) is 4.06. The fourth-order valence-corrected chi connectivity index (χ4v) is 3.08. The molecule has 0 saturated heterocycles. The largest absolute Gasteiger partial charge is 0.487 e. The van der Waals surface area contributed by atoms with E-state index in [4.69, 9.17) is 28.4 Å². The van der Waals surface area contributed by atoms with Crippen molar-refractivity contribution in [3.63, 3.8) is 0 Å². The summed E-state index contributed by atoms with van der Waals surface area (Å²) in [5, 5.41) is 0. The molecule has 7 nitrogen and oxygen atoms in total. The van der Waals surface area contributed by atoms with E-state index < -0.39 is 0 Å². The van der Waals surface area contributed by atoms with E-state index in [2.05, 4.69) is 26.8 Å². The summed E-state index contributed by atoms with van der Waals surface area (Å²) in [6, 6.07) is 11.1. The molecule has 0 atom stereocenters. The standard InChI is InChI=1S/C25H32O7/c1-25(2,3)20-5-7-22-24(17-20)32-15-11-28-8-12-29-21-6-4-19(18-26)16-23(21)31-14-10-27-9-13-30-22/h4-7,16-18H,8-15H2,1-3H3. The minimum atomic E-state index is 0.00409. The first-order valence-electron chi connectivity index (χ1n) is 10.9. The van der Waals surface area contributed by atoms with Crippen LogP contribution < -0.4 is 18.9 Å². The molecule has 7 heteroatoms. The predicted molar refractivity (Wildman–Crippen MR) is 121 cm³/mol. The summed E-state index contributed by atoms with van der Waals surface area (Å²) < 4.78 is 34.7. The maximum absolute atomic E-state index is 11.1. The third-order valence-corrected chi connectivity index (χ3v) is 4.85. The van der Waals surface area contributed by atoms with Gasteiger partial charge in [-0.15, -0.1) is 0 Å². The van der Waals surface area contributed by atoms with Crippen molar-refractivity contribution in [2.45, 2.75) is 26.2 Å². The van der Waals surface area contributed by atoms with Crippen LogP contribution in [-0.2, 0) is 14.9 Å². The van der Waals surface area contributed by atoms with Gasteiger partial charge in [0.15, 0.2) is 23.0 Å². The van der Waals surface area contributed by atoms with E-state index in [1.165, 1.54) is 5.56 Å². The molecule has 32 heavy (non-hydrogen) atoms. The Balaban J connectivity index is 1.64. The highest BCUT2D eigenvalue weighted by Gasteiger charge is 2.17. The van der Waals surface area contributed by atoms with Crippen LogP contribution >= 0.6 is 0 Å². The summed E-state index contributed by atoms with van der Waals surface area (Å²) in [5.41, 5.74) is 1.69. The van der Waals surface area contributed by atoms with E-state index in [-0.39, 0.29) is 5.41 Å². The van der Waals surface area contributed by atoms with Gasteiger partial charge in [0.1, 0.15) is 32.7 Å². The first-order valence-corrected chi connectivity index (χ1v) is 10.9. The fourth-order valence-electron chi connectivity index (χ4n) is 3.08. The molecule has 0 amide bonds. The van der Waals surface area contributed by atoms with Crippen molar-refractivity contribution in [2.24, 2.45) is 0 Å². The Hall–Kier alpha value is -2.77. The monoisotopic (exact) mass is 444 g/mol. The number of rotatable bonds is 1. The van der Waals surface area contributed by atoms with Crippen LogP contribution in [0.15, 0.2) is 36.4 Å². The minimum Gasteiger partial charge on any atom is -0.487 e. The van der Waals surface area contributed by atoms with E-state index in [1.54, 1.807) is 18.2 Å². The van der Waals surface area contributed by atoms with E-state index in [0.29, 0.717) is 81.4 Å². The highest BCUT2D eigenvalue weighted by molar-refractivity contribution is 5.76. The number of hydrogen-bond donors (Lipinski definition) is 0. The zero-order valence-corrected chi connectivity index (χ0v) is 19.1. The lowest BCUT2D eigenvalue weighted by Crippen LogP contribution is -2.16. The summed E-state index contributed by atoms with van der Waals surface area (Å²) in [6.45, 7) is 9.53. The second-order valence-electron chi connectivity index (χ2n) is 8.35. The van der Waals surface area contributed by atoms with Crippen LogP contribution in [0.3, 0.4) is 0 Å². The second-order valence-corrected chi connectivity index (χ2v) is 8.35. The van der Waals surface area contributed by atoms with Gasteiger partial charge in [0, 0.05) is 5.56 Å². The quantitative estimate of drug-likeness (QED) is 0.614. The molecule has 174 valence electrons. The van der Waals surface area contributed by atoms with Crippen LogP contribution in [0.1, 0.15) is 36.7 Å². The molecule has 2 aromatic rings. The summed E-state index contributed by atoms with van der Waals surface area (Å²) >= 11 is 0. The highest BCUT2D eigenvalue weighted by atomic mass is 16.6. The molecule has 0 aliphatic carbocycles. The van der Waals surface area contributed by atoms with E-state index in [0.717, 1.165) is 6.29 Å². The summed E-state index contributed by atoms with van der Waals surface area (Å²) in [7, 11) is 0. The number of benzene rings is 2. The molecule has 2 aromatic carbocycles. The van der Waals surface area contributed by atoms with Crippen molar-refractivity contribution in [1.29, 1.82) is 0 Å². The minimum absolute atomic E-state index is 0.00409. The Bertz CT molecular complexity index is 873. The van der Waals surface area contributed by atoms with Crippen molar-refractivity contribution >= 4 is 6.29 Å². The van der Waals surface area contributed by atoms with Crippen LogP contribution in [0, 0.1) is 0 Å². The lowest BCUT2D eigenvalue weighted by atomic mass is 9.87. The molecule has 1 heterocycles. The van der Waals surface area contributed by atoms with Gasteiger partial charge in [-0.3, -0.25) is 4.79 Å². The first-order chi connectivity index (χ1) is 15.5. The van der Waals surface area contributed by atoms with Gasteiger partial charge in [-0.05, 0) is 41.3 Å². The van der Waals surface area contributed by atoms with Gasteiger partial charge in [-0.1, -0.05) is 26.8 Å². The van der Waals surface area contributed by atoms with Gasteiger partial charge < -0.3 is 28.4 Å². The fraction of sp³-hybridized carbons (Fsp3) is 0.480. The Morgan fingerprint density at radius 2 is 1.09 bits per heavy atom. The van der Waals surface area contributed by atoms with Crippen LogP contribution in [-0.4, -0.2) is 59.1 Å². The normalized spacial score (nSPS) is 16.5. The smallest absolute Gasteiger partial charge is 0.162 e. The molecule has 3 rings (SSSR count). The molecule has 0 radical (unpaired) electrons. The van der Waals surface area contributed by atoms with Crippen molar-refractivity contribution in [1.82, 2.24) is 0 Å². The van der Waals surface area contributed by atoms with Gasteiger partial charge in [-0.2, -0.15) is 0 Å². The number of carbonyl (C=O) groups excluding carboxylic acids is 1. The Morgan fingerprint density at radius 1 is 0.625 bits per heavy atom. The maximum atomic E-state index is 11.1. The molecule has 0 unspecified atom stereocenters. The summed E-state index contributed by atoms with van der Waals surface area (Å²) in [4.78, 5) is 11.1. The molecule has 1 aliphatic heterocycles. The number of aldehydes is 1. The van der Waals surface area contributed by atoms with Gasteiger partial charge in [0.05, 0.1) is 26.4 Å². The molecule has 1 aliphatic rings. The van der Waals surface area contributed by atoms with Crippen molar-refractivity contribution in [2.75, 3.05) is 52.9 Å². The van der Waals surface area contributed by atoms with Gasteiger partial charge >= 0.3 is 0 Å². The first kappa shape index (κ1) is 23.9. The topological polar surface area (TPSA) is 72.5 Å². The average Bonchev–Trinajstić information content (AvgIpc) is 2.77. The molecule has 0 spiro atoms. The van der Waals surface area contributed by atoms with E-state index in [1.807, 2.05) is 12.1 Å². The summed E-state index contributed by atoms with van der Waals surface area (Å²) in [5.74, 6) is 2.44. The molecule has 0 bridgehead atoms. The molecular formula is C25H32O7. The third kappa shape index (κ3) is 7.14. The van der Waals surface area contributed by atoms with Crippen LogP contribution in [0.5, 0.6) is 23.0 Å². The molecule has 0 N–H and O–H groups in total. The average molecular weight is 445 g/mol. The van der Waals surface area contributed by atoms with Crippen LogP contribution in [0.4, 0.5) is 0 Å². The lowest BCUT2D eigenvalue weighted by Gasteiger charge is -2.21. The summed E-state index contributed by atoms with van der Waals surface area (Å²) in [6.07, 6.45) is 0.772. The Morgan fingerprint density at radius 3 is 1.59 bits per heavy atom. The number of carbonyl (C=O) groups is 1. The number of hydrogen-bond acceptors (Lipinski definition) is 7. The van der Waals surface area contributed by atoms with Crippen molar-refractivity contribution in [3.8, 4) is 23.0 Å². The number of fused-ring (bicyclic) bond motifs is 2. The van der Waals surface area contributed by atoms with E-state index >= 15 is 0 Å². The van der Waals surface area contributed by atoms with Crippen molar-refractivity contribution in [3.05, 3.63) is 47.5 Å². The Labute approximate surface area is 189 Å². The third-order valence-electron chi connectivity index (χ3n) is 4.85. The van der Waals surface area contributed by atoms with Crippen molar-refractivity contribution < 1.29 is 33.2 Å². The van der Waals surface area contributed by atoms with Gasteiger partial charge in [-0.25, -0.2) is 0 Å². The maximum Gasteiger partial charge on any atom is 0.162 e. The highest BCUT2D eigenvalue weighted by Crippen LogP contribution is 2.33. The molecule has 0 saturated carbocycles. The van der Waals surface area contributed by atoms with Crippen LogP contribution in [0.25, 0.3) is 0 Å². The van der Waals surface area contributed by atoms with E-state index in [9.17, 15) is 4.79 Å². The SMILES string of the molecule is CC(C)(C)c1ccc2c(c1)OCCOCCOc1ccc(C=O)cc1OCCOCCO2. The zero-order chi connectivity index (χ0) is 22.8. The van der Waals surface area contributed by atoms with Crippen LogP contribution in [0.2, 0.25) is 0 Å². The lowest BCUT2D eigenvalue weighted by molar-refractivity contribution is 0.0639. The second kappa shape index (κ2) is 11.7. The molecular weight excluding hydrogens is 412 g/mol. The molecule has 0 fully saturated rings.